The van der Waals surface area contributed by atoms with Crippen molar-refractivity contribution in [3.05, 3.63) is 0 Å². The van der Waals surface area contributed by atoms with Gasteiger partial charge in [-0.25, -0.2) is 4.79 Å². The highest BCUT2D eigenvalue weighted by Crippen LogP contribution is 2.36. The average Bonchev–Trinajstić information content (AvgIpc) is 2.45. The van der Waals surface area contributed by atoms with E-state index in [9.17, 15) is 15.0 Å². The third-order valence-corrected chi connectivity index (χ3v) is 6.54. The van der Waals surface area contributed by atoms with Crippen molar-refractivity contribution in [1.82, 2.24) is 0 Å². The lowest BCUT2D eigenvalue weighted by atomic mass is 10.1. The van der Waals surface area contributed by atoms with Crippen LogP contribution in [0.25, 0.3) is 0 Å². The maximum Gasteiger partial charge on any atom is 0.357 e. The number of rotatable bonds is 15. The lowest BCUT2D eigenvalue weighted by molar-refractivity contribution is -0.143. The summed E-state index contributed by atoms with van der Waals surface area (Å²) in [5.74, 6) is 1.76. The summed E-state index contributed by atoms with van der Waals surface area (Å²) in [6, 6.07) is 0. The minimum absolute atomic E-state index is 0.710. The van der Waals surface area contributed by atoms with Crippen LogP contribution in [0.2, 0.25) is 0 Å². The van der Waals surface area contributed by atoms with Crippen LogP contribution in [0.4, 0.5) is 0 Å². The number of hydrogen-bond acceptors (Lipinski definition) is 4. The molecule has 0 atom stereocenters. The molecule has 0 aliphatic rings. The molecule has 0 saturated heterocycles. The first-order valence-corrected chi connectivity index (χ1v) is 11.0. The normalized spacial score (nSPS) is 12.3. The molecule has 0 aliphatic carbocycles. The number of unbranched alkanes of at least 4 members (excludes halogenated alkanes) is 4. The summed E-state index contributed by atoms with van der Waals surface area (Å²) in [5, 5.41) is 19.6. The van der Waals surface area contributed by atoms with Crippen LogP contribution in [-0.4, -0.2) is 32.0 Å². The number of carboxylic acid groups (broad SMARTS) is 1. The standard InChI is InChI=1S/C18H36O3S2/c1-15(2)11-7-5-9-13-22-18(21,17(19)20)23-14-10-6-8-12-16(3)4/h15-16,21H,5-14H2,1-4H3,(H,19,20). The molecule has 0 aromatic heterocycles. The van der Waals surface area contributed by atoms with Gasteiger partial charge >= 0.3 is 5.97 Å². The van der Waals surface area contributed by atoms with Gasteiger partial charge in [-0.05, 0) is 36.2 Å². The first kappa shape index (κ1) is 23.1. The Kier molecular flexibility index (Phi) is 13.5. The van der Waals surface area contributed by atoms with E-state index in [2.05, 4.69) is 27.7 Å². The van der Waals surface area contributed by atoms with Gasteiger partial charge in [-0.3, -0.25) is 0 Å². The molecule has 0 bridgehead atoms. The number of hydrogen-bond donors (Lipinski definition) is 2. The number of aliphatic carboxylic acids is 1. The maximum atomic E-state index is 11.3. The Bertz CT molecular complexity index is 287. The Morgan fingerprint density at radius 1 is 0.826 bits per heavy atom. The summed E-state index contributed by atoms with van der Waals surface area (Å²) in [6.45, 7) is 8.87. The first-order valence-electron chi connectivity index (χ1n) is 9.01. The number of carboxylic acids is 1. The number of aliphatic hydroxyl groups is 1. The van der Waals surface area contributed by atoms with E-state index in [4.69, 9.17) is 0 Å². The zero-order chi connectivity index (χ0) is 17.7. The molecule has 5 heteroatoms. The quantitative estimate of drug-likeness (QED) is 0.292. The third-order valence-electron chi connectivity index (χ3n) is 3.72. The minimum Gasteiger partial charge on any atom is -0.478 e. The van der Waals surface area contributed by atoms with Crippen LogP contribution in [0, 0.1) is 11.8 Å². The predicted molar refractivity (Wildman–Crippen MR) is 104 cm³/mol. The summed E-state index contributed by atoms with van der Waals surface area (Å²) < 4.78 is -1.67. The van der Waals surface area contributed by atoms with Gasteiger partial charge in [-0.15, -0.1) is 23.5 Å². The predicted octanol–water partition coefficient (Wildman–Crippen LogP) is 5.62. The second-order valence-corrected chi connectivity index (χ2v) is 9.90. The summed E-state index contributed by atoms with van der Waals surface area (Å²) in [5.41, 5.74) is 0. The van der Waals surface area contributed by atoms with Crippen molar-refractivity contribution in [3.8, 4) is 0 Å². The zero-order valence-corrected chi connectivity index (χ0v) is 17.0. The Morgan fingerprint density at radius 3 is 1.52 bits per heavy atom. The van der Waals surface area contributed by atoms with Crippen molar-refractivity contribution in [2.45, 2.75) is 83.3 Å². The van der Waals surface area contributed by atoms with Gasteiger partial charge in [0.2, 0.25) is 0 Å². The van der Waals surface area contributed by atoms with Crippen molar-refractivity contribution in [2.75, 3.05) is 11.5 Å². The molecule has 0 heterocycles. The van der Waals surface area contributed by atoms with Gasteiger partial charge in [-0.1, -0.05) is 66.2 Å². The van der Waals surface area contributed by atoms with Crippen molar-refractivity contribution in [1.29, 1.82) is 0 Å². The molecular formula is C18H36O3S2. The molecule has 0 aromatic rings. The highest BCUT2D eigenvalue weighted by atomic mass is 32.2. The van der Waals surface area contributed by atoms with E-state index in [1.165, 1.54) is 49.2 Å². The van der Waals surface area contributed by atoms with Gasteiger partial charge in [0.05, 0.1) is 0 Å². The fourth-order valence-corrected chi connectivity index (χ4v) is 4.58. The Hall–Kier alpha value is 0.130. The average molecular weight is 365 g/mol. The van der Waals surface area contributed by atoms with Crippen molar-refractivity contribution in [3.63, 3.8) is 0 Å². The molecule has 0 aliphatic heterocycles. The molecule has 0 saturated carbocycles. The van der Waals surface area contributed by atoms with Crippen molar-refractivity contribution >= 4 is 29.5 Å². The van der Waals surface area contributed by atoms with E-state index < -0.39 is 10.2 Å². The van der Waals surface area contributed by atoms with Gasteiger partial charge in [0.25, 0.3) is 4.27 Å². The van der Waals surface area contributed by atoms with Crippen LogP contribution in [0.5, 0.6) is 0 Å². The highest BCUT2D eigenvalue weighted by Gasteiger charge is 2.36. The van der Waals surface area contributed by atoms with E-state index in [1.54, 1.807) is 0 Å². The van der Waals surface area contributed by atoms with Crippen LogP contribution in [0.3, 0.4) is 0 Å². The van der Waals surface area contributed by atoms with Crippen LogP contribution in [0.15, 0.2) is 0 Å². The summed E-state index contributed by atoms with van der Waals surface area (Å²) >= 11 is 2.36. The Balaban J connectivity index is 3.85. The minimum atomic E-state index is -1.67. The third kappa shape index (κ3) is 13.1. The van der Waals surface area contributed by atoms with Gasteiger partial charge in [0.1, 0.15) is 0 Å². The van der Waals surface area contributed by atoms with Crippen LogP contribution >= 0.6 is 23.5 Å². The van der Waals surface area contributed by atoms with Crippen LogP contribution in [0.1, 0.15) is 79.1 Å². The second-order valence-electron chi connectivity index (χ2n) is 7.07. The van der Waals surface area contributed by atoms with Gasteiger partial charge in [0.15, 0.2) is 0 Å². The van der Waals surface area contributed by atoms with Crippen LogP contribution in [-0.2, 0) is 4.79 Å². The molecule has 3 nitrogen and oxygen atoms in total. The monoisotopic (exact) mass is 364 g/mol. The smallest absolute Gasteiger partial charge is 0.357 e. The molecule has 2 N–H and O–H groups in total. The number of thioether (sulfide) groups is 2. The summed E-state index contributed by atoms with van der Waals surface area (Å²) in [7, 11) is 0. The van der Waals surface area contributed by atoms with E-state index in [-0.39, 0.29) is 0 Å². The lowest BCUT2D eigenvalue weighted by Crippen LogP contribution is -2.31. The fourth-order valence-electron chi connectivity index (χ4n) is 2.25. The van der Waals surface area contributed by atoms with Crippen molar-refractivity contribution < 1.29 is 15.0 Å². The van der Waals surface area contributed by atoms with Gasteiger partial charge in [-0.2, -0.15) is 0 Å². The van der Waals surface area contributed by atoms with Crippen LogP contribution < -0.4 is 0 Å². The number of carbonyl (C=O) groups is 1. The topological polar surface area (TPSA) is 57.5 Å². The summed E-state index contributed by atoms with van der Waals surface area (Å²) in [6.07, 6.45) is 8.99. The largest absolute Gasteiger partial charge is 0.478 e. The molecule has 0 rings (SSSR count). The van der Waals surface area contributed by atoms with E-state index in [1.807, 2.05) is 0 Å². The van der Waals surface area contributed by atoms with E-state index in [0.717, 1.165) is 37.5 Å². The maximum absolute atomic E-state index is 11.3. The Morgan fingerprint density at radius 2 is 1.22 bits per heavy atom. The molecular weight excluding hydrogens is 328 g/mol. The fraction of sp³-hybridized carbons (Fsp3) is 0.944. The zero-order valence-electron chi connectivity index (χ0n) is 15.3. The molecule has 23 heavy (non-hydrogen) atoms. The van der Waals surface area contributed by atoms with Crippen molar-refractivity contribution in [2.24, 2.45) is 11.8 Å². The molecule has 0 fully saturated rings. The Labute approximate surface area is 151 Å². The van der Waals surface area contributed by atoms with Gasteiger partial charge < -0.3 is 10.2 Å². The highest BCUT2D eigenvalue weighted by molar-refractivity contribution is 8.19. The molecule has 0 radical (unpaired) electrons. The van der Waals surface area contributed by atoms with E-state index >= 15 is 0 Å². The first-order chi connectivity index (χ1) is 10.8. The lowest BCUT2D eigenvalue weighted by Gasteiger charge is -2.22. The molecule has 138 valence electrons. The molecule has 0 aromatic carbocycles. The molecule has 0 unspecified atom stereocenters. The van der Waals surface area contributed by atoms with E-state index in [0.29, 0.717) is 11.5 Å². The second kappa shape index (κ2) is 13.4. The van der Waals surface area contributed by atoms with Gasteiger partial charge in [0, 0.05) is 0 Å². The SMILES string of the molecule is CC(C)CCCCCSC(O)(SCCCCCC(C)C)C(=O)O. The molecule has 0 spiro atoms. The molecule has 0 amide bonds. The summed E-state index contributed by atoms with van der Waals surface area (Å²) in [4.78, 5) is 11.3.